The molecule has 0 fully saturated rings. The van der Waals surface area contributed by atoms with Crippen molar-refractivity contribution in [3.8, 4) is 11.5 Å². The largest absolute Gasteiger partial charge is 0.415 e. The fraction of sp³-hybridized carbons (Fsp3) is 0.364. The molecule has 0 aliphatic carbocycles. The first kappa shape index (κ1) is 12.4. The fourth-order valence-corrected chi connectivity index (χ4v) is 1.49. The van der Waals surface area contributed by atoms with Gasteiger partial charge in [0.05, 0.1) is 0 Å². The van der Waals surface area contributed by atoms with Crippen LogP contribution >= 0.6 is 0 Å². The van der Waals surface area contributed by atoms with Crippen molar-refractivity contribution in [3.05, 3.63) is 34.6 Å². The molecule has 7 heteroatoms. The third-order valence-electron chi connectivity index (χ3n) is 2.38. The van der Waals surface area contributed by atoms with Gasteiger partial charge >= 0.3 is 6.43 Å². The van der Waals surface area contributed by atoms with E-state index in [2.05, 4.69) is 10.2 Å². The Labute approximate surface area is 101 Å². The molecule has 18 heavy (non-hydrogen) atoms. The summed E-state index contributed by atoms with van der Waals surface area (Å²) in [5.41, 5.74) is 0.0793. The van der Waals surface area contributed by atoms with Gasteiger partial charge in [-0.05, 0) is 19.9 Å². The quantitative estimate of drug-likeness (QED) is 0.845. The summed E-state index contributed by atoms with van der Waals surface area (Å²) in [5.74, 6) is -0.837. The zero-order chi connectivity index (χ0) is 13.3. The highest BCUT2D eigenvalue weighted by Gasteiger charge is 2.17. The molecule has 0 aromatic carbocycles. The van der Waals surface area contributed by atoms with Gasteiger partial charge in [-0.3, -0.25) is 4.79 Å². The molecule has 0 spiro atoms. The lowest BCUT2D eigenvalue weighted by atomic mass is 10.2. The predicted molar refractivity (Wildman–Crippen MR) is 59.3 cm³/mol. The van der Waals surface area contributed by atoms with E-state index < -0.39 is 12.3 Å². The minimum absolute atomic E-state index is 0.0193. The molecule has 0 bridgehead atoms. The van der Waals surface area contributed by atoms with Gasteiger partial charge in [0.25, 0.3) is 11.4 Å². The molecule has 0 saturated carbocycles. The lowest BCUT2D eigenvalue weighted by Gasteiger charge is -2.08. The van der Waals surface area contributed by atoms with Crippen LogP contribution < -0.4 is 5.56 Å². The first-order chi connectivity index (χ1) is 8.49. The maximum Gasteiger partial charge on any atom is 0.314 e. The van der Waals surface area contributed by atoms with E-state index in [1.165, 1.54) is 10.6 Å². The van der Waals surface area contributed by atoms with Gasteiger partial charge in [0, 0.05) is 23.9 Å². The Morgan fingerprint density at radius 2 is 2.06 bits per heavy atom. The Morgan fingerprint density at radius 3 is 2.56 bits per heavy atom. The van der Waals surface area contributed by atoms with Gasteiger partial charge in [-0.15, -0.1) is 10.2 Å². The molecule has 0 amide bonds. The van der Waals surface area contributed by atoms with Crippen LogP contribution in [0.25, 0.3) is 11.5 Å². The standard InChI is InChI=1S/C11H11F2N3O2/c1-6(2)16-4-3-7(5-8(16)17)10-14-15-11(18-10)9(12)13/h3-6,9H,1-2H3. The molecule has 96 valence electrons. The summed E-state index contributed by atoms with van der Waals surface area (Å²) >= 11 is 0. The molecule has 0 saturated heterocycles. The zero-order valence-electron chi connectivity index (χ0n) is 9.80. The summed E-state index contributed by atoms with van der Waals surface area (Å²) in [5, 5.41) is 6.68. The van der Waals surface area contributed by atoms with Gasteiger partial charge in [-0.1, -0.05) is 0 Å². The van der Waals surface area contributed by atoms with E-state index in [0.717, 1.165) is 0 Å². The lowest BCUT2D eigenvalue weighted by molar-refractivity contribution is 0.116. The van der Waals surface area contributed by atoms with Crippen LogP contribution in [0.2, 0.25) is 0 Å². The molecule has 2 heterocycles. The average molecular weight is 255 g/mol. The van der Waals surface area contributed by atoms with Crippen molar-refractivity contribution >= 4 is 0 Å². The maximum absolute atomic E-state index is 12.3. The number of hydrogen-bond donors (Lipinski definition) is 0. The van der Waals surface area contributed by atoms with E-state index in [9.17, 15) is 13.6 Å². The highest BCUT2D eigenvalue weighted by molar-refractivity contribution is 5.50. The minimum atomic E-state index is -2.82. The van der Waals surface area contributed by atoms with Crippen molar-refractivity contribution in [1.29, 1.82) is 0 Å². The highest BCUT2D eigenvalue weighted by atomic mass is 19.3. The molecule has 0 aliphatic heterocycles. The normalized spacial score (nSPS) is 11.4. The van der Waals surface area contributed by atoms with E-state index >= 15 is 0 Å². The van der Waals surface area contributed by atoms with Crippen LogP contribution in [0.5, 0.6) is 0 Å². The van der Waals surface area contributed by atoms with Crippen molar-refractivity contribution in [3.63, 3.8) is 0 Å². The third-order valence-corrected chi connectivity index (χ3v) is 2.38. The van der Waals surface area contributed by atoms with Crippen LogP contribution in [0, 0.1) is 0 Å². The molecule has 2 aromatic heterocycles. The number of nitrogens with zero attached hydrogens (tertiary/aromatic N) is 3. The van der Waals surface area contributed by atoms with Crippen molar-refractivity contribution in [2.75, 3.05) is 0 Å². The molecule has 0 radical (unpaired) electrons. The van der Waals surface area contributed by atoms with Crippen LogP contribution in [-0.2, 0) is 0 Å². The van der Waals surface area contributed by atoms with Crippen LogP contribution in [0.15, 0.2) is 27.5 Å². The Bertz CT molecular complexity index is 604. The third kappa shape index (κ3) is 2.29. The Hall–Kier alpha value is -2.05. The summed E-state index contributed by atoms with van der Waals surface area (Å²) in [6.07, 6.45) is -1.25. The number of halogens is 2. The topological polar surface area (TPSA) is 60.9 Å². The molecular weight excluding hydrogens is 244 g/mol. The smallest absolute Gasteiger partial charge is 0.314 e. The van der Waals surface area contributed by atoms with Crippen molar-refractivity contribution in [2.45, 2.75) is 26.3 Å². The molecule has 0 atom stereocenters. The van der Waals surface area contributed by atoms with Gasteiger partial charge in [-0.25, -0.2) is 0 Å². The highest BCUT2D eigenvalue weighted by Crippen LogP contribution is 2.22. The van der Waals surface area contributed by atoms with E-state index in [0.29, 0.717) is 5.56 Å². The van der Waals surface area contributed by atoms with Crippen LogP contribution in [0.1, 0.15) is 32.2 Å². The Kier molecular flexibility index (Phi) is 3.22. The second kappa shape index (κ2) is 4.67. The minimum Gasteiger partial charge on any atom is -0.415 e. The van der Waals surface area contributed by atoms with Crippen LogP contribution in [-0.4, -0.2) is 14.8 Å². The van der Waals surface area contributed by atoms with Crippen molar-refractivity contribution in [1.82, 2.24) is 14.8 Å². The molecule has 2 rings (SSSR count). The SMILES string of the molecule is CC(C)n1ccc(-c2nnc(C(F)F)o2)cc1=O. The Balaban J connectivity index is 2.39. The number of pyridine rings is 1. The summed E-state index contributed by atoms with van der Waals surface area (Å²) in [6, 6.07) is 2.87. The first-order valence-corrected chi connectivity index (χ1v) is 5.33. The summed E-state index contributed by atoms with van der Waals surface area (Å²) in [7, 11) is 0. The zero-order valence-corrected chi connectivity index (χ0v) is 9.80. The Morgan fingerprint density at radius 1 is 1.33 bits per heavy atom. The number of rotatable bonds is 3. The van der Waals surface area contributed by atoms with E-state index in [-0.39, 0.29) is 17.5 Å². The second-order valence-corrected chi connectivity index (χ2v) is 4.00. The van der Waals surface area contributed by atoms with E-state index in [1.807, 2.05) is 13.8 Å². The maximum atomic E-state index is 12.3. The molecule has 0 unspecified atom stereocenters. The number of hydrogen-bond acceptors (Lipinski definition) is 4. The predicted octanol–water partition coefficient (Wildman–Crippen LogP) is 2.42. The van der Waals surface area contributed by atoms with Crippen molar-refractivity contribution < 1.29 is 13.2 Å². The molecule has 0 N–H and O–H groups in total. The number of alkyl halides is 2. The van der Waals surface area contributed by atoms with Gasteiger partial charge in [0.2, 0.25) is 5.89 Å². The van der Waals surface area contributed by atoms with Crippen LogP contribution in [0.3, 0.4) is 0 Å². The monoisotopic (exact) mass is 255 g/mol. The average Bonchev–Trinajstić information content (AvgIpc) is 2.77. The van der Waals surface area contributed by atoms with Gasteiger partial charge in [0.1, 0.15) is 0 Å². The summed E-state index contributed by atoms with van der Waals surface area (Å²) in [4.78, 5) is 11.7. The van der Waals surface area contributed by atoms with Crippen LogP contribution in [0.4, 0.5) is 8.78 Å². The molecule has 5 nitrogen and oxygen atoms in total. The first-order valence-electron chi connectivity index (χ1n) is 5.33. The van der Waals surface area contributed by atoms with E-state index in [4.69, 9.17) is 4.42 Å². The second-order valence-electron chi connectivity index (χ2n) is 4.00. The fourth-order valence-electron chi connectivity index (χ4n) is 1.49. The summed E-state index contributed by atoms with van der Waals surface area (Å²) < 4.78 is 30.8. The van der Waals surface area contributed by atoms with Gasteiger partial charge < -0.3 is 8.98 Å². The number of aromatic nitrogens is 3. The summed E-state index contributed by atoms with van der Waals surface area (Å²) in [6.45, 7) is 3.73. The molecular formula is C11H11F2N3O2. The van der Waals surface area contributed by atoms with Gasteiger partial charge in [-0.2, -0.15) is 8.78 Å². The molecule has 0 aliphatic rings. The lowest BCUT2D eigenvalue weighted by Crippen LogP contribution is -2.20. The molecule has 2 aromatic rings. The van der Waals surface area contributed by atoms with Gasteiger partial charge in [0.15, 0.2) is 0 Å². The van der Waals surface area contributed by atoms with Crippen molar-refractivity contribution in [2.24, 2.45) is 0 Å². The van der Waals surface area contributed by atoms with E-state index in [1.54, 1.807) is 12.3 Å².